The Morgan fingerprint density at radius 1 is 0.930 bits per heavy atom. The molecule has 2 aliphatic rings. The van der Waals surface area contributed by atoms with Gasteiger partial charge in [0.05, 0.1) is 53.5 Å². The van der Waals surface area contributed by atoms with Crippen LogP contribution in [0.15, 0.2) is 64.1 Å². The summed E-state index contributed by atoms with van der Waals surface area (Å²) in [7, 11) is 7.37. The van der Waals surface area contributed by atoms with Crippen LogP contribution in [0.1, 0.15) is 30.5 Å². The zero-order valence-electron chi connectivity index (χ0n) is 25.0. The number of carbonyl (C=O) groups is 2. The molecule has 5 rings (SSSR count). The van der Waals surface area contributed by atoms with Crippen molar-refractivity contribution in [2.45, 2.75) is 31.7 Å². The van der Waals surface area contributed by atoms with Gasteiger partial charge in [0.25, 0.3) is 11.6 Å². The van der Waals surface area contributed by atoms with Crippen molar-refractivity contribution >= 4 is 39.2 Å². The number of anilines is 1. The number of rotatable bonds is 9. The average molecular weight is 654 g/mol. The summed E-state index contributed by atoms with van der Waals surface area (Å²) >= 11 is 3.57. The molecule has 0 N–H and O–H groups in total. The molecule has 1 spiro atoms. The maximum Gasteiger partial charge on any atom is 0.361 e. The van der Waals surface area contributed by atoms with Crippen LogP contribution < -0.4 is 23.8 Å². The quantitative estimate of drug-likeness (QED) is 0.288. The molecule has 43 heavy (non-hydrogen) atoms. The molecule has 0 fully saturated rings. The standard InChI is InChI=1S/C32H33BrN2O8/c1-18(2)32(30(37)42-7)34-28(20-14-25(39-4)27(41-6)26(15-20)40-5)31(43-32)23-16-21(33)10-13-24(23)35(29(31)36)17-19-8-11-22(38-3)12-9-19/h8-16,18H,17H2,1-7H3/t31-,32-/m0/s1. The van der Waals surface area contributed by atoms with Gasteiger partial charge in [0.1, 0.15) is 5.75 Å². The minimum Gasteiger partial charge on any atom is -0.497 e. The second kappa shape index (κ2) is 11.5. The van der Waals surface area contributed by atoms with E-state index in [-0.39, 0.29) is 12.3 Å². The molecule has 0 aliphatic carbocycles. The van der Waals surface area contributed by atoms with Crippen LogP contribution in [0.5, 0.6) is 23.0 Å². The number of hydrogen-bond donors (Lipinski definition) is 0. The van der Waals surface area contributed by atoms with Crippen molar-refractivity contribution in [3.05, 3.63) is 75.8 Å². The first-order valence-corrected chi connectivity index (χ1v) is 14.3. The lowest BCUT2D eigenvalue weighted by molar-refractivity contribution is -0.187. The predicted octanol–water partition coefficient (Wildman–Crippen LogP) is 5.27. The minimum atomic E-state index is -1.82. The molecule has 10 nitrogen and oxygen atoms in total. The molecule has 0 saturated heterocycles. The Morgan fingerprint density at radius 2 is 1.58 bits per heavy atom. The van der Waals surface area contributed by atoms with Gasteiger partial charge >= 0.3 is 5.97 Å². The summed E-state index contributed by atoms with van der Waals surface area (Å²) in [6, 6.07) is 16.4. The number of esters is 1. The lowest BCUT2D eigenvalue weighted by atomic mass is 9.86. The van der Waals surface area contributed by atoms with E-state index in [0.717, 1.165) is 10.0 Å². The fourth-order valence-electron chi connectivity index (χ4n) is 5.59. The van der Waals surface area contributed by atoms with E-state index in [1.54, 1.807) is 38.0 Å². The topological polar surface area (TPSA) is 105 Å². The van der Waals surface area contributed by atoms with Gasteiger partial charge < -0.3 is 33.3 Å². The summed E-state index contributed by atoms with van der Waals surface area (Å²) < 4.78 is 34.8. The zero-order chi connectivity index (χ0) is 31.1. The third-order valence-corrected chi connectivity index (χ3v) is 8.29. The van der Waals surface area contributed by atoms with Crippen LogP contribution in [0.3, 0.4) is 0 Å². The number of carbonyl (C=O) groups excluding carboxylic acids is 2. The Morgan fingerprint density at radius 3 is 2.12 bits per heavy atom. The van der Waals surface area contributed by atoms with E-state index < -0.39 is 29.1 Å². The number of methoxy groups -OCH3 is 5. The van der Waals surface area contributed by atoms with E-state index in [1.807, 2.05) is 42.5 Å². The molecule has 1 amide bonds. The van der Waals surface area contributed by atoms with Crippen molar-refractivity contribution in [1.82, 2.24) is 0 Å². The van der Waals surface area contributed by atoms with E-state index in [9.17, 15) is 9.59 Å². The molecule has 3 aromatic rings. The fourth-order valence-corrected chi connectivity index (χ4v) is 5.95. The Hall–Kier alpha value is -4.09. The van der Waals surface area contributed by atoms with Crippen molar-refractivity contribution in [3.63, 3.8) is 0 Å². The Kier molecular flexibility index (Phi) is 8.15. The van der Waals surface area contributed by atoms with Gasteiger partial charge in [0, 0.05) is 21.5 Å². The van der Waals surface area contributed by atoms with Crippen molar-refractivity contribution in [2.75, 3.05) is 40.4 Å². The zero-order valence-corrected chi connectivity index (χ0v) is 26.6. The molecule has 226 valence electrons. The lowest BCUT2D eigenvalue weighted by Crippen LogP contribution is -2.51. The Balaban J connectivity index is 1.78. The summed E-state index contributed by atoms with van der Waals surface area (Å²) in [5, 5.41) is 0. The highest BCUT2D eigenvalue weighted by atomic mass is 79.9. The number of benzene rings is 3. The smallest absolute Gasteiger partial charge is 0.361 e. The SMILES string of the molecule is COC(=O)[C@@]1(C(C)C)N=C(c2cc(OC)c(OC)c(OC)c2)[C@]2(O1)C(=O)N(Cc1ccc(OC)cc1)c1ccc(Br)cc12. The molecular formula is C32H33BrN2O8. The van der Waals surface area contributed by atoms with Crippen LogP contribution in [0.25, 0.3) is 0 Å². The number of halogens is 1. The third-order valence-electron chi connectivity index (χ3n) is 7.79. The molecular weight excluding hydrogens is 620 g/mol. The Labute approximate surface area is 258 Å². The minimum absolute atomic E-state index is 0.215. The summed E-state index contributed by atoms with van der Waals surface area (Å²) in [5.41, 5.74) is -0.955. The van der Waals surface area contributed by atoms with Gasteiger partial charge in [-0.1, -0.05) is 41.9 Å². The molecule has 0 unspecified atom stereocenters. The van der Waals surface area contributed by atoms with E-state index >= 15 is 0 Å². The maximum absolute atomic E-state index is 14.9. The number of hydrogen-bond acceptors (Lipinski definition) is 9. The molecule has 0 saturated carbocycles. The maximum atomic E-state index is 14.9. The summed E-state index contributed by atoms with van der Waals surface area (Å²) in [4.78, 5) is 35.0. The molecule has 0 radical (unpaired) electrons. The van der Waals surface area contributed by atoms with Crippen molar-refractivity contribution in [1.29, 1.82) is 0 Å². The van der Waals surface area contributed by atoms with Crippen LogP contribution in [0.4, 0.5) is 5.69 Å². The van der Waals surface area contributed by atoms with Gasteiger partial charge in [-0.15, -0.1) is 0 Å². The van der Waals surface area contributed by atoms with Crippen LogP contribution in [-0.4, -0.2) is 58.9 Å². The van der Waals surface area contributed by atoms with Gasteiger partial charge in [-0.2, -0.15) is 0 Å². The average Bonchev–Trinajstić information content (AvgIpc) is 3.50. The second-order valence-electron chi connectivity index (χ2n) is 10.4. The number of aliphatic imine (C=N–C) groups is 1. The largest absolute Gasteiger partial charge is 0.497 e. The number of amides is 1. The predicted molar refractivity (Wildman–Crippen MR) is 163 cm³/mol. The van der Waals surface area contributed by atoms with Gasteiger partial charge in [0.2, 0.25) is 11.4 Å². The Bertz CT molecular complexity index is 1580. The number of fused-ring (bicyclic) bond motifs is 2. The van der Waals surface area contributed by atoms with Crippen LogP contribution in [0, 0.1) is 5.92 Å². The van der Waals surface area contributed by atoms with Crippen LogP contribution in [-0.2, 0) is 31.2 Å². The van der Waals surface area contributed by atoms with Crippen molar-refractivity contribution in [3.8, 4) is 23.0 Å². The highest BCUT2D eigenvalue weighted by Crippen LogP contribution is 2.54. The first-order chi connectivity index (χ1) is 20.6. The monoisotopic (exact) mass is 652 g/mol. The molecule has 0 aromatic heterocycles. The molecule has 11 heteroatoms. The molecule has 2 atom stereocenters. The van der Waals surface area contributed by atoms with Crippen LogP contribution in [0.2, 0.25) is 0 Å². The first-order valence-electron chi connectivity index (χ1n) is 13.5. The number of ether oxygens (including phenoxy) is 6. The van der Waals surface area contributed by atoms with Gasteiger partial charge in [-0.05, 0) is 48.0 Å². The first kappa shape index (κ1) is 30.4. The highest BCUT2D eigenvalue weighted by molar-refractivity contribution is 9.10. The molecule has 2 heterocycles. The summed E-state index contributed by atoms with van der Waals surface area (Å²) in [6.07, 6.45) is 0. The van der Waals surface area contributed by atoms with Crippen molar-refractivity contribution in [2.24, 2.45) is 10.9 Å². The van der Waals surface area contributed by atoms with Gasteiger partial charge in [0.15, 0.2) is 11.5 Å². The summed E-state index contributed by atoms with van der Waals surface area (Å²) in [5.74, 6) is 0.142. The molecule has 2 aliphatic heterocycles. The third kappa shape index (κ3) is 4.71. The fraction of sp³-hybridized carbons (Fsp3) is 0.344. The summed E-state index contributed by atoms with van der Waals surface area (Å²) in [6.45, 7) is 3.82. The van der Waals surface area contributed by atoms with Gasteiger partial charge in [-0.25, -0.2) is 9.79 Å². The molecule has 0 bridgehead atoms. The van der Waals surface area contributed by atoms with E-state index in [1.165, 1.54) is 28.4 Å². The second-order valence-corrected chi connectivity index (χ2v) is 11.3. The molecule has 3 aromatic carbocycles. The van der Waals surface area contributed by atoms with E-state index in [2.05, 4.69) is 15.9 Å². The normalized spacial score (nSPS) is 20.7. The van der Waals surface area contributed by atoms with E-state index in [0.29, 0.717) is 39.8 Å². The van der Waals surface area contributed by atoms with Crippen molar-refractivity contribution < 1.29 is 38.0 Å². The lowest BCUT2D eigenvalue weighted by Gasteiger charge is -2.32. The van der Waals surface area contributed by atoms with Crippen LogP contribution >= 0.6 is 15.9 Å². The van der Waals surface area contributed by atoms with Gasteiger partial charge in [-0.3, -0.25) is 4.79 Å². The van der Waals surface area contributed by atoms with E-state index in [4.69, 9.17) is 33.4 Å². The number of nitrogens with zero attached hydrogens (tertiary/aromatic N) is 2. The highest BCUT2D eigenvalue weighted by Gasteiger charge is 2.67.